The van der Waals surface area contributed by atoms with Crippen molar-refractivity contribution in [2.75, 3.05) is 0 Å². The average Bonchev–Trinajstić information content (AvgIpc) is 2.40. The molecule has 94 valence electrons. The zero-order valence-corrected chi connectivity index (χ0v) is 10.7. The molecule has 1 aromatic heterocycles. The molecule has 0 saturated heterocycles. The van der Waals surface area contributed by atoms with Gasteiger partial charge in [0, 0.05) is 23.7 Å². The van der Waals surface area contributed by atoms with Crippen molar-refractivity contribution >= 4 is 15.9 Å². The lowest BCUT2D eigenvalue weighted by atomic mass is 10.0. The van der Waals surface area contributed by atoms with Crippen LogP contribution in [0.2, 0.25) is 0 Å². The first kappa shape index (κ1) is 13.0. The molecule has 6 heteroatoms. The van der Waals surface area contributed by atoms with E-state index in [4.69, 9.17) is 0 Å². The molecule has 0 bridgehead atoms. The molecule has 1 N–H and O–H groups in total. The van der Waals surface area contributed by atoms with E-state index in [0.717, 1.165) is 6.07 Å². The molecule has 3 nitrogen and oxygen atoms in total. The van der Waals surface area contributed by atoms with Crippen molar-refractivity contribution < 1.29 is 13.9 Å². The molecule has 1 heterocycles. The highest BCUT2D eigenvalue weighted by Crippen LogP contribution is 2.26. The Morgan fingerprint density at radius 1 is 1.22 bits per heavy atom. The van der Waals surface area contributed by atoms with Gasteiger partial charge in [-0.05, 0) is 34.1 Å². The number of rotatable bonds is 3. The first-order chi connectivity index (χ1) is 8.59. The average molecular weight is 315 g/mol. The zero-order valence-electron chi connectivity index (χ0n) is 9.15. The van der Waals surface area contributed by atoms with Crippen LogP contribution in [0.3, 0.4) is 0 Å². The third-order valence-corrected chi connectivity index (χ3v) is 3.14. The van der Waals surface area contributed by atoms with Crippen LogP contribution in [-0.2, 0) is 6.42 Å². The van der Waals surface area contributed by atoms with E-state index in [9.17, 15) is 13.9 Å². The van der Waals surface area contributed by atoms with E-state index in [-0.39, 0.29) is 16.5 Å². The number of halogens is 3. The van der Waals surface area contributed by atoms with E-state index in [2.05, 4.69) is 26.1 Å². The van der Waals surface area contributed by atoms with Gasteiger partial charge in [0.1, 0.15) is 11.6 Å². The highest BCUT2D eigenvalue weighted by molar-refractivity contribution is 9.10. The molecule has 0 aliphatic heterocycles. The molecule has 2 rings (SSSR count). The maximum absolute atomic E-state index is 13.7. The van der Waals surface area contributed by atoms with Gasteiger partial charge in [0.15, 0.2) is 0 Å². The first-order valence-corrected chi connectivity index (χ1v) is 5.96. The van der Waals surface area contributed by atoms with Crippen molar-refractivity contribution in [1.29, 1.82) is 0 Å². The van der Waals surface area contributed by atoms with Gasteiger partial charge in [0.25, 0.3) is 0 Å². The Labute approximate surface area is 111 Å². The quantitative estimate of drug-likeness (QED) is 0.886. The van der Waals surface area contributed by atoms with Crippen LogP contribution in [0.4, 0.5) is 8.78 Å². The van der Waals surface area contributed by atoms with Crippen LogP contribution >= 0.6 is 15.9 Å². The minimum Gasteiger partial charge on any atom is -0.388 e. The number of aromatic nitrogens is 2. The summed E-state index contributed by atoms with van der Waals surface area (Å²) in [7, 11) is 0. The highest BCUT2D eigenvalue weighted by Gasteiger charge is 2.17. The lowest BCUT2D eigenvalue weighted by Crippen LogP contribution is -2.06. The molecule has 18 heavy (non-hydrogen) atoms. The molecular weight excluding hydrogens is 306 g/mol. The van der Waals surface area contributed by atoms with Crippen molar-refractivity contribution in [3.05, 3.63) is 57.8 Å². The SMILES string of the molecule is OC(Cc1c(F)ccc(Br)c1F)c1ccnnc1. The van der Waals surface area contributed by atoms with Crippen molar-refractivity contribution in [2.24, 2.45) is 0 Å². The van der Waals surface area contributed by atoms with E-state index >= 15 is 0 Å². The molecule has 2 aromatic rings. The van der Waals surface area contributed by atoms with Crippen molar-refractivity contribution in [3.63, 3.8) is 0 Å². The van der Waals surface area contributed by atoms with Gasteiger partial charge >= 0.3 is 0 Å². The molecule has 0 radical (unpaired) electrons. The van der Waals surface area contributed by atoms with Crippen LogP contribution < -0.4 is 0 Å². The normalized spacial score (nSPS) is 12.4. The maximum atomic E-state index is 13.7. The monoisotopic (exact) mass is 314 g/mol. The lowest BCUT2D eigenvalue weighted by Gasteiger charge is -2.12. The number of hydrogen-bond acceptors (Lipinski definition) is 3. The Morgan fingerprint density at radius 3 is 2.67 bits per heavy atom. The van der Waals surface area contributed by atoms with E-state index in [0.29, 0.717) is 5.56 Å². The third-order valence-electron chi connectivity index (χ3n) is 2.53. The number of benzene rings is 1. The molecule has 0 saturated carbocycles. The van der Waals surface area contributed by atoms with Gasteiger partial charge in [-0.2, -0.15) is 10.2 Å². The fourth-order valence-electron chi connectivity index (χ4n) is 1.57. The van der Waals surface area contributed by atoms with Gasteiger partial charge in [-0.25, -0.2) is 8.78 Å². The van der Waals surface area contributed by atoms with E-state index in [1.54, 1.807) is 6.07 Å². The van der Waals surface area contributed by atoms with Gasteiger partial charge in [-0.1, -0.05) is 0 Å². The largest absolute Gasteiger partial charge is 0.388 e. The summed E-state index contributed by atoms with van der Waals surface area (Å²) in [5, 5.41) is 17.1. The fraction of sp³-hybridized carbons (Fsp3) is 0.167. The second-order valence-corrected chi connectivity index (χ2v) is 4.57. The zero-order chi connectivity index (χ0) is 13.1. The van der Waals surface area contributed by atoms with Gasteiger partial charge in [0.05, 0.1) is 16.8 Å². The number of aliphatic hydroxyl groups excluding tert-OH is 1. The Kier molecular flexibility index (Phi) is 3.98. The van der Waals surface area contributed by atoms with Gasteiger partial charge < -0.3 is 5.11 Å². The van der Waals surface area contributed by atoms with Crippen molar-refractivity contribution in [1.82, 2.24) is 10.2 Å². The molecule has 0 aliphatic carbocycles. The van der Waals surface area contributed by atoms with Gasteiger partial charge in [-0.3, -0.25) is 0 Å². The summed E-state index contributed by atoms with van der Waals surface area (Å²) >= 11 is 2.98. The number of aliphatic hydroxyl groups is 1. The topological polar surface area (TPSA) is 46.0 Å². The summed E-state index contributed by atoms with van der Waals surface area (Å²) in [5.74, 6) is -1.38. The summed E-state index contributed by atoms with van der Waals surface area (Å²) in [5.41, 5.74) is 0.303. The minimum absolute atomic E-state index is 0.159. The van der Waals surface area contributed by atoms with Gasteiger partial charge in [0.2, 0.25) is 0 Å². The Morgan fingerprint density at radius 2 is 2.00 bits per heavy atom. The van der Waals surface area contributed by atoms with Gasteiger partial charge in [-0.15, -0.1) is 0 Å². The van der Waals surface area contributed by atoms with Crippen LogP contribution in [-0.4, -0.2) is 15.3 Å². The Bertz CT molecular complexity index is 551. The van der Waals surface area contributed by atoms with Crippen LogP contribution in [0.15, 0.2) is 35.1 Å². The predicted molar refractivity (Wildman–Crippen MR) is 64.8 cm³/mol. The van der Waals surface area contributed by atoms with Crippen LogP contribution in [0.25, 0.3) is 0 Å². The lowest BCUT2D eigenvalue weighted by molar-refractivity contribution is 0.175. The molecule has 0 amide bonds. The molecule has 0 fully saturated rings. The van der Waals surface area contributed by atoms with Crippen LogP contribution in [0.1, 0.15) is 17.2 Å². The predicted octanol–water partition coefficient (Wildman–Crippen LogP) is 2.79. The van der Waals surface area contributed by atoms with E-state index < -0.39 is 17.7 Å². The fourth-order valence-corrected chi connectivity index (χ4v) is 1.94. The Hall–Kier alpha value is -1.40. The molecule has 1 unspecified atom stereocenters. The third kappa shape index (κ3) is 2.70. The summed E-state index contributed by atoms with van der Waals surface area (Å²) in [6, 6.07) is 3.99. The number of nitrogens with zero attached hydrogens (tertiary/aromatic N) is 2. The highest BCUT2D eigenvalue weighted by atomic mass is 79.9. The summed E-state index contributed by atoms with van der Waals surface area (Å²) < 4.78 is 27.4. The Balaban J connectivity index is 2.27. The molecule has 1 atom stereocenters. The second-order valence-electron chi connectivity index (χ2n) is 3.72. The first-order valence-electron chi connectivity index (χ1n) is 5.16. The van der Waals surface area contributed by atoms with Crippen molar-refractivity contribution in [2.45, 2.75) is 12.5 Å². The summed E-state index contributed by atoms with van der Waals surface area (Å²) in [4.78, 5) is 0. The second kappa shape index (κ2) is 5.49. The molecule has 0 spiro atoms. The number of hydrogen-bond donors (Lipinski definition) is 1. The minimum atomic E-state index is -1.03. The maximum Gasteiger partial charge on any atom is 0.143 e. The smallest absolute Gasteiger partial charge is 0.143 e. The summed E-state index contributed by atoms with van der Waals surface area (Å²) in [6.07, 6.45) is 1.58. The van der Waals surface area contributed by atoms with Crippen LogP contribution in [0.5, 0.6) is 0 Å². The summed E-state index contributed by atoms with van der Waals surface area (Å²) in [6.45, 7) is 0. The standard InChI is InChI=1S/C12H9BrF2N2O/c13-9-1-2-10(14)8(12(9)15)5-11(18)7-3-4-16-17-6-7/h1-4,6,11,18H,5H2. The van der Waals surface area contributed by atoms with E-state index in [1.165, 1.54) is 18.5 Å². The van der Waals surface area contributed by atoms with Crippen molar-refractivity contribution in [3.8, 4) is 0 Å². The van der Waals surface area contributed by atoms with E-state index in [1.807, 2.05) is 0 Å². The molecule has 1 aromatic carbocycles. The molecule has 0 aliphatic rings. The van der Waals surface area contributed by atoms with Crippen LogP contribution in [0, 0.1) is 11.6 Å². The molecular formula is C12H9BrF2N2O.